The number of amides is 1. The molecular weight excluding hydrogens is 446 g/mol. The molecule has 1 amide bonds. The minimum absolute atomic E-state index is 0.0236. The molecule has 0 spiro atoms. The van der Waals surface area contributed by atoms with Gasteiger partial charge in [-0.3, -0.25) is 4.79 Å². The Hall–Kier alpha value is -0.853. The van der Waals surface area contributed by atoms with Crippen molar-refractivity contribution in [2.75, 3.05) is 7.11 Å². The quantitative estimate of drug-likeness (QED) is 0.471. The maximum Gasteiger partial charge on any atom is 0.223 e. The molecule has 1 fully saturated rings. The van der Waals surface area contributed by atoms with Gasteiger partial charge in [0.05, 0.1) is 19.3 Å². The summed E-state index contributed by atoms with van der Waals surface area (Å²) < 4.78 is 13.1. The van der Waals surface area contributed by atoms with Gasteiger partial charge in [0, 0.05) is 23.0 Å². The summed E-state index contributed by atoms with van der Waals surface area (Å²) in [5.74, 6) is 1.08. The Balaban J connectivity index is 2.39. The number of benzene rings is 1. The van der Waals surface area contributed by atoms with Crippen molar-refractivity contribution >= 4 is 30.9 Å². The summed E-state index contributed by atoms with van der Waals surface area (Å²) in [6.45, 7) is 18.1. The molecule has 1 aromatic carbocycles. The molecular formula is C23H37BrNO3Si. The van der Waals surface area contributed by atoms with Crippen LogP contribution in [0.4, 0.5) is 0 Å². The van der Waals surface area contributed by atoms with Gasteiger partial charge in [0.15, 0.2) is 0 Å². The summed E-state index contributed by atoms with van der Waals surface area (Å²) >= 11 is 3.75. The van der Waals surface area contributed by atoms with Crippen molar-refractivity contribution in [1.82, 2.24) is 4.90 Å². The van der Waals surface area contributed by atoms with Crippen LogP contribution in [0.3, 0.4) is 0 Å². The summed E-state index contributed by atoms with van der Waals surface area (Å²) in [5, 5.41) is 0. The molecule has 6 heteroatoms. The molecule has 0 saturated carbocycles. The molecule has 1 heterocycles. The zero-order valence-electron chi connectivity index (χ0n) is 19.5. The average molecular weight is 484 g/mol. The molecule has 1 radical (unpaired) electrons. The molecule has 1 unspecified atom stereocenters. The highest BCUT2D eigenvalue weighted by molar-refractivity contribution is 9.10. The number of carbonyl (C=O) groups excluding carboxylic acids is 1. The largest absolute Gasteiger partial charge is 0.496 e. The fourth-order valence-corrected chi connectivity index (χ4v) is 5.50. The second kappa shape index (κ2) is 9.11. The van der Waals surface area contributed by atoms with E-state index >= 15 is 0 Å². The summed E-state index contributed by atoms with van der Waals surface area (Å²) in [7, 11) is 0.838. The maximum absolute atomic E-state index is 12.8. The Morgan fingerprint density at radius 1 is 1.21 bits per heavy atom. The first-order valence-corrected chi connectivity index (χ1v) is 13.6. The van der Waals surface area contributed by atoms with Gasteiger partial charge in [-0.15, -0.1) is 0 Å². The summed E-state index contributed by atoms with van der Waals surface area (Å²) in [4.78, 5) is 14.9. The number of hydrogen-bond acceptors (Lipinski definition) is 3. The number of ether oxygens (including phenoxy) is 1. The topological polar surface area (TPSA) is 38.8 Å². The number of methoxy groups -OCH3 is 1. The van der Waals surface area contributed by atoms with E-state index in [0.717, 1.165) is 27.8 Å². The van der Waals surface area contributed by atoms with Crippen LogP contribution in [0, 0.1) is 5.41 Å². The highest BCUT2D eigenvalue weighted by Crippen LogP contribution is 2.39. The van der Waals surface area contributed by atoms with E-state index in [1.807, 2.05) is 4.90 Å². The molecule has 4 nitrogen and oxygen atoms in total. The van der Waals surface area contributed by atoms with Crippen LogP contribution in [-0.4, -0.2) is 39.1 Å². The van der Waals surface area contributed by atoms with Crippen LogP contribution in [0.1, 0.15) is 65.5 Å². The van der Waals surface area contributed by atoms with E-state index in [1.165, 1.54) is 0 Å². The Labute approximate surface area is 187 Å². The molecule has 163 valence electrons. The van der Waals surface area contributed by atoms with Gasteiger partial charge in [-0.25, -0.2) is 0 Å². The van der Waals surface area contributed by atoms with E-state index in [4.69, 9.17) is 9.16 Å². The van der Waals surface area contributed by atoms with Crippen LogP contribution in [0.2, 0.25) is 13.1 Å². The molecule has 1 aliphatic rings. The number of likely N-dealkylation sites (tertiary alicyclic amines) is 1. The van der Waals surface area contributed by atoms with E-state index in [1.54, 1.807) is 7.11 Å². The van der Waals surface area contributed by atoms with Gasteiger partial charge in [0.25, 0.3) is 0 Å². The van der Waals surface area contributed by atoms with E-state index < -0.39 is 9.04 Å². The van der Waals surface area contributed by atoms with Crippen molar-refractivity contribution in [2.24, 2.45) is 5.41 Å². The predicted molar refractivity (Wildman–Crippen MR) is 125 cm³/mol. The minimum atomic E-state index is -0.872. The molecule has 29 heavy (non-hydrogen) atoms. The van der Waals surface area contributed by atoms with Gasteiger partial charge >= 0.3 is 0 Å². The van der Waals surface area contributed by atoms with Gasteiger partial charge in [-0.1, -0.05) is 57.5 Å². The van der Waals surface area contributed by atoms with Crippen molar-refractivity contribution in [3.63, 3.8) is 0 Å². The maximum atomic E-state index is 12.8. The van der Waals surface area contributed by atoms with Crippen LogP contribution in [0.25, 0.3) is 0 Å². The zero-order chi connectivity index (χ0) is 22.1. The third-order valence-electron chi connectivity index (χ3n) is 5.46. The molecule has 1 aliphatic heterocycles. The first kappa shape index (κ1) is 24.4. The van der Waals surface area contributed by atoms with E-state index in [2.05, 4.69) is 82.7 Å². The Kier molecular flexibility index (Phi) is 7.67. The van der Waals surface area contributed by atoms with Crippen molar-refractivity contribution in [3.05, 3.63) is 27.7 Å². The predicted octanol–water partition coefficient (Wildman–Crippen LogP) is 5.93. The minimum Gasteiger partial charge on any atom is -0.496 e. The van der Waals surface area contributed by atoms with Crippen molar-refractivity contribution in [1.29, 1.82) is 0 Å². The van der Waals surface area contributed by atoms with Crippen molar-refractivity contribution in [2.45, 2.75) is 91.6 Å². The number of carbonyl (C=O) groups is 1. The first-order chi connectivity index (χ1) is 13.3. The Bertz CT molecular complexity index is 737. The lowest BCUT2D eigenvalue weighted by molar-refractivity contribution is -0.131. The van der Waals surface area contributed by atoms with Gasteiger partial charge in [-0.05, 0) is 48.0 Å². The summed E-state index contributed by atoms with van der Waals surface area (Å²) in [6, 6.07) is 4.32. The summed E-state index contributed by atoms with van der Waals surface area (Å²) in [6.07, 6.45) is 1.47. The van der Waals surface area contributed by atoms with E-state index in [-0.39, 0.29) is 28.9 Å². The molecule has 0 N–H and O–H groups in total. The molecule has 0 aromatic heterocycles. The third-order valence-corrected chi connectivity index (χ3v) is 6.92. The number of nitrogens with zero attached hydrogens (tertiary/aromatic N) is 1. The fourth-order valence-electron chi connectivity index (χ4n) is 4.02. The lowest BCUT2D eigenvalue weighted by atomic mass is 9.83. The second-order valence-corrected chi connectivity index (χ2v) is 13.2. The van der Waals surface area contributed by atoms with Crippen molar-refractivity contribution in [3.8, 4) is 5.75 Å². The molecule has 2 rings (SSSR count). The van der Waals surface area contributed by atoms with Crippen LogP contribution in [0.15, 0.2) is 16.6 Å². The molecule has 0 bridgehead atoms. The van der Waals surface area contributed by atoms with Gasteiger partial charge < -0.3 is 14.1 Å². The molecule has 2 atom stereocenters. The van der Waals surface area contributed by atoms with E-state index in [0.29, 0.717) is 13.0 Å². The monoisotopic (exact) mass is 482 g/mol. The smallest absolute Gasteiger partial charge is 0.223 e. The standard InChI is InChI=1S/C23H37BrNO3Si/c1-22(2,3)16-13-17(24)15(12-19(16)27-7)14-25-18(10-11-20(25)26)21(23(4,5)6)28-29(8)9/h12-13,18,21H,10-11,14H2,1-9H3/t18-,21?/m0/s1. The zero-order valence-corrected chi connectivity index (χ0v) is 22.1. The number of rotatable bonds is 6. The van der Waals surface area contributed by atoms with Crippen LogP contribution >= 0.6 is 15.9 Å². The van der Waals surface area contributed by atoms with Gasteiger partial charge in [0.1, 0.15) is 5.75 Å². The highest BCUT2D eigenvalue weighted by Gasteiger charge is 2.42. The third kappa shape index (κ3) is 5.86. The lowest BCUT2D eigenvalue weighted by Gasteiger charge is -2.40. The van der Waals surface area contributed by atoms with Crippen LogP contribution < -0.4 is 4.74 Å². The fraction of sp³-hybridized carbons (Fsp3) is 0.696. The van der Waals surface area contributed by atoms with Gasteiger partial charge in [0.2, 0.25) is 14.9 Å². The number of hydrogen-bond donors (Lipinski definition) is 0. The second-order valence-electron chi connectivity index (χ2n) is 10.3. The molecule has 1 aromatic rings. The van der Waals surface area contributed by atoms with Crippen LogP contribution in [-0.2, 0) is 21.2 Å². The highest BCUT2D eigenvalue weighted by atomic mass is 79.9. The van der Waals surface area contributed by atoms with Crippen LogP contribution in [0.5, 0.6) is 5.75 Å². The van der Waals surface area contributed by atoms with E-state index in [9.17, 15) is 4.79 Å². The first-order valence-electron chi connectivity index (χ1n) is 10.4. The average Bonchev–Trinajstić information content (AvgIpc) is 2.92. The SMILES string of the molecule is COc1cc(CN2C(=O)CC[C@H]2C(O[Si](C)C)C(C)(C)C)c(Br)cc1C(C)(C)C. The Morgan fingerprint density at radius 2 is 1.83 bits per heavy atom. The normalized spacial score (nSPS) is 19.2. The lowest BCUT2D eigenvalue weighted by Crippen LogP contribution is -2.49. The van der Waals surface area contributed by atoms with Gasteiger partial charge in [-0.2, -0.15) is 0 Å². The molecule has 0 aliphatic carbocycles. The Morgan fingerprint density at radius 3 is 2.31 bits per heavy atom. The molecule has 1 saturated heterocycles. The summed E-state index contributed by atoms with van der Waals surface area (Å²) in [5.41, 5.74) is 2.17. The van der Waals surface area contributed by atoms with Crippen molar-refractivity contribution < 1.29 is 14.0 Å². The number of halogens is 1.